The van der Waals surface area contributed by atoms with Crippen LogP contribution in [0.25, 0.3) is 6.08 Å². The number of Topliss-reactive ketones (excluding diaryl/α,β-unsaturated/α-hetero) is 1. The van der Waals surface area contributed by atoms with Crippen LogP contribution in [0, 0.1) is 6.92 Å². The van der Waals surface area contributed by atoms with Gasteiger partial charge in [0.25, 0.3) is 0 Å². The summed E-state index contributed by atoms with van der Waals surface area (Å²) in [7, 11) is 0. The number of allylic oxidation sites excluding steroid dienone is 1. The highest BCUT2D eigenvalue weighted by atomic mass is 35.5. The molecular weight excluding hydrogens is 445 g/mol. The molecule has 2 heterocycles. The second kappa shape index (κ2) is 8.62. The van der Waals surface area contributed by atoms with E-state index in [2.05, 4.69) is 4.90 Å². The number of fused-ring (bicyclic) bond motifs is 2. The first-order valence-corrected chi connectivity index (χ1v) is 11.2. The molecule has 0 aromatic heterocycles. The minimum atomic E-state index is -0.126. The Bertz CT molecular complexity index is 1250. The summed E-state index contributed by atoms with van der Waals surface area (Å²) >= 11 is 12.4. The smallest absolute Gasteiger partial charge is 0.231 e. The molecule has 0 N–H and O–H groups in total. The highest BCUT2D eigenvalue weighted by Gasteiger charge is 2.33. The van der Waals surface area contributed by atoms with E-state index in [1.807, 2.05) is 49.4 Å². The number of benzene rings is 3. The molecule has 32 heavy (non-hydrogen) atoms. The van der Waals surface area contributed by atoms with Gasteiger partial charge >= 0.3 is 0 Å². The van der Waals surface area contributed by atoms with Crippen molar-refractivity contribution in [3.05, 3.63) is 98.2 Å². The van der Waals surface area contributed by atoms with Crippen LogP contribution in [0.5, 0.6) is 11.5 Å². The fraction of sp³-hybridized carbons (Fsp3) is 0.192. The molecule has 0 unspecified atom stereocenters. The molecule has 6 heteroatoms. The molecule has 0 radical (unpaired) electrons. The molecule has 0 saturated heterocycles. The zero-order valence-corrected chi connectivity index (χ0v) is 19.0. The monoisotopic (exact) mass is 465 g/mol. The molecule has 3 aromatic rings. The lowest BCUT2D eigenvalue weighted by molar-refractivity contribution is 0.0954. The minimum absolute atomic E-state index is 0.126. The van der Waals surface area contributed by atoms with Gasteiger partial charge in [-0.3, -0.25) is 9.69 Å². The Morgan fingerprint density at radius 3 is 2.72 bits per heavy atom. The molecule has 0 atom stereocenters. The van der Waals surface area contributed by atoms with E-state index < -0.39 is 0 Å². The van der Waals surface area contributed by atoms with Crippen molar-refractivity contribution in [1.29, 1.82) is 0 Å². The molecule has 4 nitrogen and oxygen atoms in total. The van der Waals surface area contributed by atoms with E-state index >= 15 is 0 Å². The topological polar surface area (TPSA) is 38.8 Å². The Balaban J connectivity index is 1.37. The lowest BCUT2D eigenvalue weighted by Gasteiger charge is -2.30. The quantitative estimate of drug-likeness (QED) is 0.423. The Hall–Kier alpha value is -2.79. The minimum Gasteiger partial charge on any atom is -0.477 e. The van der Waals surface area contributed by atoms with Gasteiger partial charge < -0.3 is 9.47 Å². The predicted octanol–water partition coefficient (Wildman–Crippen LogP) is 6.31. The molecule has 2 aliphatic rings. The van der Waals surface area contributed by atoms with Crippen LogP contribution in [-0.2, 0) is 13.0 Å². The standard InChI is InChI=1S/C26H21Cl2NO3/c1-16-25-19(14-29(15-31-25)10-9-18-6-2-3-8-22(18)28)13-21-24(30)23(32-26(16)21)12-17-5-4-7-20(27)11-17/h2-8,11-13H,9-10,14-15H2,1H3/b23-12-. The molecule has 3 aromatic carbocycles. The normalized spacial score (nSPS) is 16.5. The molecular formula is C26H21Cl2NO3. The molecule has 162 valence electrons. The van der Waals surface area contributed by atoms with Crippen LogP contribution < -0.4 is 9.47 Å². The fourth-order valence-electron chi connectivity index (χ4n) is 4.17. The molecule has 5 rings (SSSR count). The fourth-order valence-corrected chi connectivity index (χ4v) is 4.60. The number of hydrogen-bond donors (Lipinski definition) is 0. The second-order valence-corrected chi connectivity index (χ2v) is 8.87. The van der Waals surface area contributed by atoms with Gasteiger partial charge in [-0.15, -0.1) is 0 Å². The van der Waals surface area contributed by atoms with Gasteiger partial charge in [0.2, 0.25) is 5.78 Å². The number of carbonyl (C=O) groups excluding carboxylic acids is 1. The SMILES string of the molecule is Cc1c2c(cc3c1O/C(=C\c1cccc(Cl)c1)C3=O)CN(CCc1ccccc1Cl)CO2. The van der Waals surface area contributed by atoms with Gasteiger partial charge in [-0.25, -0.2) is 0 Å². The van der Waals surface area contributed by atoms with Gasteiger partial charge in [0, 0.05) is 34.3 Å². The Labute approximate surface area is 197 Å². The van der Waals surface area contributed by atoms with E-state index in [9.17, 15) is 4.79 Å². The van der Waals surface area contributed by atoms with E-state index in [1.54, 1.807) is 18.2 Å². The lowest BCUT2D eigenvalue weighted by Crippen LogP contribution is -2.34. The molecule has 0 saturated carbocycles. The van der Waals surface area contributed by atoms with E-state index in [0.29, 0.717) is 35.4 Å². The first-order valence-electron chi connectivity index (χ1n) is 10.4. The van der Waals surface area contributed by atoms with Crippen LogP contribution in [0.3, 0.4) is 0 Å². The van der Waals surface area contributed by atoms with Crippen molar-refractivity contribution in [2.75, 3.05) is 13.3 Å². The van der Waals surface area contributed by atoms with Crippen molar-refractivity contribution >= 4 is 35.1 Å². The van der Waals surface area contributed by atoms with Gasteiger partial charge in [-0.05, 0) is 54.8 Å². The van der Waals surface area contributed by atoms with Crippen LogP contribution in [0.4, 0.5) is 0 Å². The zero-order chi connectivity index (χ0) is 22.2. The van der Waals surface area contributed by atoms with E-state index in [4.69, 9.17) is 32.7 Å². The van der Waals surface area contributed by atoms with Crippen LogP contribution in [-0.4, -0.2) is 24.0 Å². The van der Waals surface area contributed by atoms with Gasteiger partial charge in [0.05, 0.1) is 5.56 Å². The molecule has 0 bridgehead atoms. The third-order valence-corrected chi connectivity index (χ3v) is 6.41. The van der Waals surface area contributed by atoms with Crippen molar-refractivity contribution in [2.45, 2.75) is 19.9 Å². The van der Waals surface area contributed by atoms with Gasteiger partial charge in [-0.2, -0.15) is 0 Å². The number of halogens is 2. The second-order valence-electron chi connectivity index (χ2n) is 8.03. The van der Waals surface area contributed by atoms with Gasteiger partial charge in [-0.1, -0.05) is 53.5 Å². The predicted molar refractivity (Wildman–Crippen MR) is 127 cm³/mol. The number of hydrogen-bond acceptors (Lipinski definition) is 4. The summed E-state index contributed by atoms with van der Waals surface area (Å²) < 4.78 is 12.0. The maximum absolute atomic E-state index is 13.1. The summed E-state index contributed by atoms with van der Waals surface area (Å²) in [4.78, 5) is 15.3. The molecule has 0 fully saturated rings. The maximum Gasteiger partial charge on any atom is 0.231 e. The van der Waals surface area contributed by atoms with Crippen molar-refractivity contribution < 1.29 is 14.3 Å². The Morgan fingerprint density at radius 1 is 1.06 bits per heavy atom. The summed E-state index contributed by atoms with van der Waals surface area (Å²) in [6.45, 7) is 3.93. The van der Waals surface area contributed by atoms with E-state index in [1.165, 1.54) is 0 Å². The van der Waals surface area contributed by atoms with Crippen molar-refractivity contribution in [2.24, 2.45) is 0 Å². The lowest BCUT2D eigenvalue weighted by atomic mass is 10.00. The van der Waals surface area contributed by atoms with Gasteiger partial charge in [0.15, 0.2) is 5.76 Å². The van der Waals surface area contributed by atoms with Crippen LogP contribution in [0.15, 0.2) is 60.4 Å². The third-order valence-electron chi connectivity index (χ3n) is 5.80. The van der Waals surface area contributed by atoms with Crippen molar-refractivity contribution in [3.63, 3.8) is 0 Å². The maximum atomic E-state index is 13.1. The summed E-state index contributed by atoms with van der Waals surface area (Å²) in [5.74, 6) is 1.54. The third kappa shape index (κ3) is 4.02. The number of ketones is 1. The summed E-state index contributed by atoms with van der Waals surface area (Å²) in [5.41, 5.74) is 4.35. The number of nitrogens with zero attached hydrogens (tertiary/aromatic N) is 1. The largest absolute Gasteiger partial charge is 0.477 e. The number of ether oxygens (including phenoxy) is 2. The van der Waals surface area contributed by atoms with E-state index in [0.717, 1.165) is 46.0 Å². The van der Waals surface area contributed by atoms with Gasteiger partial charge in [0.1, 0.15) is 18.2 Å². The summed E-state index contributed by atoms with van der Waals surface area (Å²) in [6.07, 6.45) is 2.56. The van der Waals surface area contributed by atoms with E-state index in [-0.39, 0.29) is 5.78 Å². The van der Waals surface area contributed by atoms with Crippen LogP contribution in [0.1, 0.15) is 32.6 Å². The number of rotatable bonds is 4. The number of carbonyl (C=O) groups is 1. The average molecular weight is 466 g/mol. The summed E-state index contributed by atoms with van der Waals surface area (Å²) in [5, 5.41) is 1.39. The van der Waals surface area contributed by atoms with Crippen LogP contribution >= 0.6 is 23.2 Å². The first kappa shape index (κ1) is 21.1. The van der Waals surface area contributed by atoms with Crippen LogP contribution in [0.2, 0.25) is 10.0 Å². The van der Waals surface area contributed by atoms with Crippen molar-refractivity contribution in [1.82, 2.24) is 4.90 Å². The zero-order valence-electron chi connectivity index (χ0n) is 17.5. The summed E-state index contributed by atoms with van der Waals surface area (Å²) in [6, 6.07) is 17.1. The molecule has 0 spiro atoms. The molecule has 0 aliphatic carbocycles. The average Bonchev–Trinajstić information content (AvgIpc) is 3.09. The van der Waals surface area contributed by atoms with Crippen molar-refractivity contribution in [3.8, 4) is 11.5 Å². The first-order chi connectivity index (χ1) is 15.5. The Kier molecular flexibility index (Phi) is 5.68. The molecule has 2 aliphatic heterocycles. The Morgan fingerprint density at radius 2 is 1.91 bits per heavy atom. The highest BCUT2D eigenvalue weighted by Crippen LogP contribution is 2.43. The molecule has 0 amide bonds. The highest BCUT2D eigenvalue weighted by molar-refractivity contribution is 6.31.